The number of aryl methyl sites for hydroxylation is 2. The number of hydrogen-bond donors (Lipinski definition) is 2. The summed E-state index contributed by atoms with van der Waals surface area (Å²) < 4.78 is 12.3. The molecule has 2 N–H and O–H groups in total. The van der Waals surface area contributed by atoms with Crippen molar-refractivity contribution in [2.75, 3.05) is 24.7 Å². The molecule has 0 aliphatic carbocycles. The van der Waals surface area contributed by atoms with Gasteiger partial charge in [0.2, 0.25) is 0 Å². The van der Waals surface area contributed by atoms with E-state index in [0.29, 0.717) is 11.5 Å². The van der Waals surface area contributed by atoms with Crippen LogP contribution in [0.25, 0.3) is 0 Å². The van der Waals surface area contributed by atoms with E-state index in [0.717, 1.165) is 54.7 Å². The number of ether oxygens (including phenoxy) is 2. The molecule has 0 saturated heterocycles. The second-order valence-electron chi connectivity index (χ2n) is 12.6. The zero-order valence-electron chi connectivity index (χ0n) is 29.0. The maximum Gasteiger partial charge on any atom is 0.119 e. The molecule has 0 radical (unpaired) electrons. The van der Waals surface area contributed by atoms with Crippen molar-refractivity contribution >= 4 is 23.5 Å². The Bertz CT molecular complexity index is 1810. The molecule has 0 spiro atoms. The van der Waals surface area contributed by atoms with Gasteiger partial charge >= 0.3 is 0 Å². The smallest absolute Gasteiger partial charge is 0.119 e. The van der Waals surface area contributed by atoms with E-state index in [1.165, 1.54) is 0 Å². The second kappa shape index (κ2) is 17.7. The van der Waals surface area contributed by atoms with Gasteiger partial charge in [-0.25, -0.2) is 0 Å². The first-order valence-corrected chi connectivity index (χ1v) is 19.2. The molecular formula is C45H44O4S2. The number of thioether (sulfide) groups is 2. The predicted octanol–water partition coefficient (Wildman–Crippen LogP) is 9.75. The summed E-state index contributed by atoms with van der Waals surface area (Å²) in [5, 5.41) is 21.4. The van der Waals surface area contributed by atoms with Crippen LogP contribution in [0.3, 0.4) is 0 Å². The van der Waals surface area contributed by atoms with Gasteiger partial charge in [-0.3, -0.25) is 0 Å². The molecule has 0 heterocycles. The summed E-state index contributed by atoms with van der Waals surface area (Å²) in [5.41, 5.74) is 6.07. The fraction of sp³-hybridized carbons (Fsp3) is 0.200. The quantitative estimate of drug-likeness (QED) is 0.0770. The van der Waals surface area contributed by atoms with Gasteiger partial charge < -0.3 is 19.7 Å². The minimum Gasteiger partial charge on any atom is -0.491 e. The summed E-state index contributed by atoms with van der Waals surface area (Å²) in [5.74, 6) is 2.55. The van der Waals surface area contributed by atoms with Crippen molar-refractivity contribution in [2.24, 2.45) is 0 Å². The third-order valence-corrected chi connectivity index (χ3v) is 11.2. The van der Waals surface area contributed by atoms with E-state index in [2.05, 4.69) is 98.8 Å². The van der Waals surface area contributed by atoms with Crippen LogP contribution in [0.2, 0.25) is 0 Å². The van der Waals surface area contributed by atoms with Crippen molar-refractivity contribution in [3.63, 3.8) is 0 Å². The first-order chi connectivity index (χ1) is 24.9. The maximum atomic E-state index is 10.7. The Balaban J connectivity index is 1.28. The second-order valence-corrected chi connectivity index (χ2v) is 14.8. The Morgan fingerprint density at radius 1 is 0.490 bits per heavy atom. The largest absolute Gasteiger partial charge is 0.491 e. The van der Waals surface area contributed by atoms with Crippen LogP contribution in [-0.2, 0) is 5.41 Å². The molecule has 0 saturated carbocycles. The number of aliphatic hydroxyl groups is 2. The fourth-order valence-electron chi connectivity index (χ4n) is 6.50. The first-order valence-electron chi connectivity index (χ1n) is 17.2. The summed E-state index contributed by atoms with van der Waals surface area (Å²) in [6.07, 6.45) is -1.20. The summed E-state index contributed by atoms with van der Waals surface area (Å²) in [6, 6.07) is 54.0. The Hall–Kier alpha value is -4.46. The summed E-state index contributed by atoms with van der Waals surface area (Å²) in [6.45, 7) is 4.68. The zero-order valence-corrected chi connectivity index (χ0v) is 30.7. The highest BCUT2D eigenvalue weighted by Crippen LogP contribution is 2.48. The highest BCUT2D eigenvalue weighted by Gasteiger charge is 2.40. The molecule has 0 aliphatic rings. The number of hydrogen-bond acceptors (Lipinski definition) is 6. The van der Waals surface area contributed by atoms with E-state index in [1.54, 1.807) is 23.5 Å². The average molecular weight is 713 g/mol. The third kappa shape index (κ3) is 9.07. The number of aliphatic hydroxyl groups excluding tert-OH is 2. The molecule has 6 aromatic rings. The van der Waals surface area contributed by atoms with Crippen LogP contribution < -0.4 is 9.47 Å². The normalized spacial score (nSPS) is 12.6. The summed E-state index contributed by atoms with van der Waals surface area (Å²) in [4.78, 5) is 2.25. The molecule has 51 heavy (non-hydrogen) atoms. The molecule has 4 nitrogen and oxygen atoms in total. The topological polar surface area (TPSA) is 58.9 Å². The van der Waals surface area contributed by atoms with Crippen molar-refractivity contribution in [1.82, 2.24) is 0 Å². The lowest BCUT2D eigenvalue weighted by Crippen LogP contribution is -2.33. The van der Waals surface area contributed by atoms with E-state index >= 15 is 0 Å². The lowest BCUT2D eigenvalue weighted by atomic mass is 9.63. The van der Waals surface area contributed by atoms with Crippen LogP contribution in [0, 0.1) is 13.8 Å². The Morgan fingerprint density at radius 2 is 0.843 bits per heavy atom. The molecule has 6 rings (SSSR count). The average Bonchev–Trinajstić information content (AvgIpc) is 3.17. The molecule has 0 bridgehead atoms. The Labute approximate surface area is 310 Å². The molecule has 0 aromatic heterocycles. The molecule has 6 aromatic carbocycles. The van der Waals surface area contributed by atoms with E-state index in [-0.39, 0.29) is 13.2 Å². The van der Waals surface area contributed by atoms with Gasteiger partial charge in [0.15, 0.2) is 0 Å². The van der Waals surface area contributed by atoms with Gasteiger partial charge in [0.25, 0.3) is 0 Å². The minimum absolute atomic E-state index is 0.210. The van der Waals surface area contributed by atoms with E-state index < -0.39 is 17.6 Å². The molecule has 6 heteroatoms. The number of benzene rings is 6. The van der Waals surface area contributed by atoms with Gasteiger partial charge in [-0.2, -0.15) is 0 Å². The van der Waals surface area contributed by atoms with Crippen LogP contribution in [-0.4, -0.2) is 47.1 Å². The zero-order chi connectivity index (χ0) is 35.5. The third-order valence-electron chi connectivity index (χ3n) is 8.87. The van der Waals surface area contributed by atoms with E-state index in [4.69, 9.17) is 9.47 Å². The van der Waals surface area contributed by atoms with Crippen LogP contribution in [0.5, 0.6) is 11.5 Å². The van der Waals surface area contributed by atoms with Gasteiger partial charge in [0, 0.05) is 21.3 Å². The molecule has 0 amide bonds. The van der Waals surface area contributed by atoms with Crippen LogP contribution in [0.4, 0.5) is 0 Å². The number of rotatable bonds is 16. The molecule has 2 unspecified atom stereocenters. The Kier molecular flexibility index (Phi) is 12.6. The maximum absolute atomic E-state index is 10.7. The van der Waals surface area contributed by atoms with Gasteiger partial charge in [-0.05, 0) is 95.8 Å². The van der Waals surface area contributed by atoms with Crippen LogP contribution in [0.15, 0.2) is 168 Å². The SMILES string of the molecule is Cc1cc(OCC(O)CSc2ccccc2)ccc1C(c1ccccc1)(c1ccccc1)c1ccc(OCC(O)CSc2ccccc2)cc1C. The predicted molar refractivity (Wildman–Crippen MR) is 212 cm³/mol. The molecule has 2 atom stereocenters. The van der Waals surface area contributed by atoms with Gasteiger partial charge in [0.05, 0.1) is 17.6 Å². The van der Waals surface area contributed by atoms with Gasteiger partial charge in [0.1, 0.15) is 24.7 Å². The molecular weight excluding hydrogens is 669 g/mol. The summed E-state index contributed by atoms with van der Waals surface area (Å²) in [7, 11) is 0. The van der Waals surface area contributed by atoms with Gasteiger partial charge in [-0.15, -0.1) is 23.5 Å². The molecule has 260 valence electrons. The van der Waals surface area contributed by atoms with Crippen LogP contribution in [0.1, 0.15) is 33.4 Å². The highest BCUT2D eigenvalue weighted by atomic mass is 32.2. The minimum atomic E-state index is -0.647. The molecule has 0 fully saturated rings. The van der Waals surface area contributed by atoms with Crippen molar-refractivity contribution in [3.05, 3.63) is 191 Å². The van der Waals surface area contributed by atoms with E-state index in [1.807, 2.05) is 72.8 Å². The fourth-order valence-corrected chi connectivity index (χ4v) is 8.16. The van der Waals surface area contributed by atoms with Crippen molar-refractivity contribution in [1.29, 1.82) is 0 Å². The van der Waals surface area contributed by atoms with Crippen molar-refractivity contribution in [3.8, 4) is 11.5 Å². The van der Waals surface area contributed by atoms with Crippen molar-refractivity contribution < 1.29 is 19.7 Å². The summed E-state index contributed by atoms with van der Waals surface area (Å²) >= 11 is 3.24. The van der Waals surface area contributed by atoms with Gasteiger partial charge in [-0.1, -0.05) is 109 Å². The van der Waals surface area contributed by atoms with E-state index in [9.17, 15) is 10.2 Å². The Morgan fingerprint density at radius 3 is 1.20 bits per heavy atom. The monoisotopic (exact) mass is 712 g/mol. The standard InChI is InChI=1S/C45H44O4S2/c1-33-27-39(48-29-37(46)31-50-41-19-11-5-12-20-41)23-25-43(33)45(35-15-7-3-8-16-35,36-17-9-4-10-18-36)44-26-24-40(28-34(44)2)49-30-38(47)32-51-42-21-13-6-14-22-42/h3-28,37-38,46-47H,29-32H2,1-2H3. The lowest BCUT2D eigenvalue weighted by Gasteiger charge is -2.39. The van der Waals surface area contributed by atoms with Crippen molar-refractivity contribution in [2.45, 2.75) is 41.3 Å². The molecule has 0 aliphatic heterocycles. The lowest BCUT2D eigenvalue weighted by molar-refractivity contribution is 0.126. The van der Waals surface area contributed by atoms with Crippen LogP contribution >= 0.6 is 23.5 Å². The first kappa shape index (κ1) is 36.3. The highest BCUT2D eigenvalue weighted by molar-refractivity contribution is 7.99.